The summed E-state index contributed by atoms with van der Waals surface area (Å²) in [7, 11) is 0. The Morgan fingerprint density at radius 3 is 2.47 bits per heavy atom. The number of aliphatic hydroxyl groups is 1. The van der Waals surface area contributed by atoms with Gasteiger partial charge in [0.2, 0.25) is 0 Å². The Morgan fingerprint density at radius 2 is 1.83 bits per heavy atom. The van der Waals surface area contributed by atoms with E-state index in [0.29, 0.717) is 12.1 Å². The molecule has 2 heterocycles. The van der Waals surface area contributed by atoms with Crippen LogP contribution >= 0.6 is 11.3 Å². The number of ketones is 1. The lowest BCUT2D eigenvalue weighted by molar-refractivity contribution is -0.140. The first-order chi connectivity index (χ1) is 14.5. The van der Waals surface area contributed by atoms with Crippen LogP contribution < -0.4 is 0 Å². The molecule has 152 valence electrons. The maximum Gasteiger partial charge on any atom is 0.295 e. The molecular formula is C25H23NO3S. The third-order valence-electron chi connectivity index (χ3n) is 5.44. The second-order valence-electron chi connectivity index (χ2n) is 7.47. The third-order valence-corrected chi connectivity index (χ3v) is 6.30. The number of hydrogen-bond acceptors (Lipinski definition) is 4. The predicted octanol–water partition coefficient (Wildman–Crippen LogP) is 5.24. The number of rotatable bonds is 5. The molecule has 1 aliphatic heterocycles. The van der Waals surface area contributed by atoms with Crippen LogP contribution in [0.4, 0.5) is 0 Å². The van der Waals surface area contributed by atoms with Crippen LogP contribution in [0.1, 0.15) is 40.1 Å². The smallest absolute Gasteiger partial charge is 0.295 e. The standard InChI is InChI=1S/C25H23NO3S/c1-3-17-9-11-18(12-10-17)23(27)21-22(19-7-4-6-16(2)14-19)26(25(29)24(21)28)15-20-8-5-13-30-20/h4-14,22,27H,3,15H2,1-2H3/b23-21-. The summed E-state index contributed by atoms with van der Waals surface area (Å²) in [6, 6.07) is 18.4. The lowest BCUT2D eigenvalue weighted by atomic mass is 9.94. The van der Waals surface area contributed by atoms with E-state index in [2.05, 4.69) is 6.92 Å². The number of nitrogens with zero attached hydrogens (tertiary/aromatic N) is 1. The second kappa shape index (κ2) is 8.28. The molecule has 4 rings (SSSR count). The Hall–Kier alpha value is -3.18. The third kappa shape index (κ3) is 3.68. The van der Waals surface area contributed by atoms with Gasteiger partial charge in [-0.3, -0.25) is 9.59 Å². The normalized spacial score (nSPS) is 18.2. The van der Waals surface area contributed by atoms with Crippen molar-refractivity contribution in [2.45, 2.75) is 32.9 Å². The van der Waals surface area contributed by atoms with Crippen LogP contribution in [-0.4, -0.2) is 21.7 Å². The largest absolute Gasteiger partial charge is 0.507 e. The maximum absolute atomic E-state index is 13.0. The van der Waals surface area contributed by atoms with Crippen molar-refractivity contribution in [2.24, 2.45) is 0 Å². The van der Waals surface area contributed by atoms with E-state index in [0.717, 1.165) is 28.0 Å². The fourth-order valence-corrected chi connectivity index (χ4v) is 4.56. The number of likely N-dealkylation sites (tertiary alicyclic amines) is 1. The SMILES string of the molecule is CCc1ccc(/C(O)=C2/C(=O)C(=O)N(Cc3cccs3)C2c2cccc(C)c2)cc1. The molecule has 4 nitrogen and oxygen atoms in total. The number of benzene rings is 2. The number of amides is 1. The van der Waals surface area contributed by atoms with Crippen LogP contribution in [0.25, 0.3) is 5.76 Å². The van der Waals surface area contributed by atoms with E-state index in [9.17, 15) is 14.7 Å². The Bertz CT molecular complexity index is 1110. The van der Waals surface area contributed by atoms with Gasteiger partial charge >= 0.3 is 0 Å². The van der Waals surface area contributed by atoms with E-state index < -0.39 is 17.7 Å². The van der Waals surface area contributed by atoms with Crippen molar-refractivity contribution in [1.29, 1.82) is 0 Å². The molecule has 5 heteroatoms. The molecular weight excluding hydrogens is 394 g/mol. The Labute approximate surface area is 180 Å². The maximum atomic E-state index is 13.0. The summed E-state index contributed by atoms with van der Waals surface area (Å²) in [4.78, 5) is 28.6. The molecule has 1 atom stereocenters. The van der Waals surface area contributed by atoms with Crippen molar-refractivity contribution in [3.63, 3.8) is 0 Å². The highest BCUT2D eigenvalue weighted by Crippen LogP contribution is 2.40. The highest BCUT2D eigenvalue weighted by molar-refractivity contribution is 7.09. The zero-order valence-corrected chi connectivity index (χ0v) is 17.8. The van der Waals surface area contributed by atoms with Gasteiger partial charge in [0, 0.05) is 10.4 Å². The zero-order chi connectivity index (χ0) is 21.3. The Morgan fingerprint density at radius 1 is 1.07 bits per heavy atom. The quantitative estimate of drug-likeness (QED) is 0.351. The van der Waals surface area contributed by atoms with Crippen molar-refractivity contribution < 1.29 is 14.7 Å². The molecule has 1 amide bonds. The van der Waals surface area contributed by atoms with Crippen LogP contribution in [-0.2, 0) is 22.6 Å². The van der Waals surface area contributed by atoms with Gasteiger partial charge in [0.05, 0.1) is 18.2 Å². The fourth-order valence-electron chi connectivity index (χ4n) is 3.85. The monoisotopic (exact) mass is 417 g/mol. The number of hydrogen-bond donors (Lipinski definition) is 1. The summed E-state index contributed by atoms with van der Waals surface area (Å²) < 4.78 is 0. The average Bonchev–Trinajstić information content (AvgIpc) is 3.36. The summed E-state index contributed by atoms with van der Waals surface area (Å²) in [5.41, 5.74) is 3.67. The van der Waals surface area contributed by atoms with E-state index in [1.165, 1.54) is 11.3 Å². The number of carbonyl (C=O) groups is 2. The molecule has 3 aromatic rings. The minimum atomic E-state index is -0.643. The van der Waals surface area contributed by atoms with Crippen LogP contribution in [0, 0.1) is 6.92 Å². The van der Waals surface area contributed by atoms with Crippen molar-refractivity contribution in [3.05, 3.63) is 98.7 Å². The van der Waals surface area contributed by atoms with Crippen LogP contribution in [0.5, 0.6) is 0 Å². The molecule has 1 aliphatic rings. The summed E-state index contributed by atoms with van der Waals surface area (Å²) >= 11 is 1.54. The number of thiophene rings is 1. The summed E-state index contributed by atoms with van der Waals surface area (Å²) in [5, 5.41) is 13.0. The number of Topliss-reactive ketones (excluding diaryl/α,β-unsaturated/α-hetero) is 1. The first kappa shape index (κ1) is 20.1. The first-order valence-electron chi connectivity index (χ1n) is 9.96. The van der Waals surface area contributed by atoms with Crippen molar-refractivity contribution in [3.8, 4) is 0 Å². The van der Waals surface area contributed by atoms with Gasteiger partial charge in [-0.25, -0.2) is 0 Å². The molecule has 0 spiro atoms. The number of aliphatic hydroxyl groups excluding tert-OH is 1. The molecule has 1 fully saturated rings. The topological polar surface area (TPSA) is 57.6 Å². The van der Waals surface area contributed by atoms with Gasteiger partial charge in [0.25, 0.3) is 11.7 Å². The van der Waals surface area contributed by atoms with Crippen molar-refractivity contribution in [1.82, 2.24) is 4.90 Å². The predicted molar refractivity (Wildman–Crippen MR) is 119 cm³/mol. The van der Waals surface area contributed by atoms with E-state index in [4.69, 9.17) is 0 Å². The summed E-state index contributed by atoms with van der Waals surface area (Å²) in [6.45, 7) is 4.35. The van der Waals surface area contributed by atoms with Crippen LogP contribution in [0.15, 0.2) is 71.6 Å². The van der Waals surface area contributed by atoms with Crippen LogP contribution in [0.3, 0.4) is 0 Å². The summed E-state index contributed by atoms with van der Waals surface area (Å²) in [6.07, 6.45) is 0.884. The second-order valence-corrected chi connectivity index (χ2v) is 8.50. The van der Waals surface area contributed by atoms with Gasteiger partial charge in [-0.05, 0) is 35.9 Å². The van der Waals surface area contributed by atoms with Gasteiger partial charge in [0.1, 0.15) is 5.76 Å². The van der Waals surface area contributed by atoms with Gasteiger partial charge in [-0.15, -0.1) is 11.3 Å². The van der Waals surface area contributed by atoms with Gasteiger partial charge in [0.15, 0.2) is 0 Å². The summed E-state index contributed by atoms with van der Waals surface area (Å²) in [5.74, 6) is -1.35. The van der Waals surface area contributed by atoms with E-state index in [1.807, 2.05) is 60.8 Å². The lowest BCUT2D eigenvalue weighted by Gasteiger charge is -2.25. The minimum absolute atomic E-state index is 0.129. The van der Waals surface area contributed by atoms with E-state index in [-0.39, 0.29) is 11.3 Å². The van der Waals surface area contributed by atoms with Gasteiger partial charge in [-0.2, -0.15) is 0 Å². The zero-order valence-electron chi connectivity index (χ0n) is 17.0. The molecule has 0 saturated carbocycles. The molecule has 30 heavy (non-hydrogen) atoms. The highest BCUT2D eigenvalue weighted by Gasteiger charge is 2.46. The Balaban J connectivity index is 1.85. The molecule has 0 aliphatic carbocycles. The number of carbonyl (C=O) groups excluding carboxylic acids is 2. The average molecular weight is 418 g/mol. The minimum Gasteiger partial charge on any atom is -0.507 e. The highest BCUT2D eigenvalue weighted by atomic mass is 32.1. The van der Waals surface area contributed by atoms with E-state index >= 15 is 0 Å². The molecule has 1 unspecified atom stereocenters. The first-order valence-corrected chi connectivity index (χ1v) is 10.8. The molecule has 1 N–H and O–H groups in total. The van der Waals surface area contributed by atoms with Crippen molar-refractivity contribution >= 4 is 28.8 Å². The van der Waals surface area contributed by atoms with Gasteiger partial charge in [-0.1, -0.05) is 67.1 Å². The fraction of sp³-hybridized carbons (Fsp3) is 0.200. The molecule has 1 aromatic heterocycles. The number of aryl methyl sites for hydroxylation is 2. The molecule has 1 saturated heterocycles. The molecule has 0 radical (unpaired) electrons. The van der Waals surface area contributed by atoms with E-state index in [1.54, 1.807) is 17.0 Å². The van der Waals surface area contributed by atoms with Crippen LogP contribution in [0.2, 0.25) is 0 Å². The Kier molecular flexibility index (Phi) is 5.55. The molecule has 2 aromatic carbocycles. The van der Waals surface area contributed by atoms with Gasteiger partial charge < -0.3 is 10.0 Å². The molecule has 0 bridgehead atoms. The van der Waals surface area contributed by atoms with Crippen molar-refractivity contribution in [2.75, 3.05) is 0 Å². The lowest BCUT2D eigenvalue weighted by Crippen LogP contribution is -2.28.